The van der Waals surface area contributed by atoms with Crippen LogP contribution in [-0.2, 0) is 12.8 Å². The van der Waals surface area contributed by atoms with E-state index in [9.17, 15) is 0 Å². The molecule has 0 aliphatic heterocycles. The number of nitrogens with two attached hydrogens (primary N) is 1. The number of aryl methyl sites for hydroxylation is 2. The fourth-order valence-electron chi connectivity index (χ4n) is 3.23. The Balaban J connectivity index is 2.14. The van der Waals surface area contributed by atoms with E-state index in [1.807, 2.05) is 0 Å². The highest BCUT2D eigenvalue weighted by atomic mass is 14.6. The van der Waals surface area contributed by atoms with Crippen LogP contribution in [0.25, 0.3) is 10.8 Å². The smallest absolute Gasteiger partial charge is 0.0303 e. The topological polar surface area (TPSA) is 26.0 Å². The second-order valence-electron chi connectivity index (χ2n) is 5.89. The van der Waals surface area contributed by atoms with Crippen LogP contribution in [0.15, 0.2) is 30.3 Å². The first-order valence-electron chi connectivity index (χ1n) is 6.96. The van der Waals surface area contributed by atoms with Gasteiger partial charge in [0.25, 0.3) is 0 Å². The predicted octanol–water partition coefficient (Wildman–Crippen LogP) is 3.98. The van der Waals surface area contributed by atoms with E-state index in [4.69, 9.17) is 5.73 Å². The average molecular weight is 239 g/mol. The summed E-state index contributed by atoms with van der Waals surface area (Å²) in [5, 5.41) is 2.87. The summed E-state index contributed by atoms with van der Waals surface area (Å²) in [5.41, 5.74) is 10.7. The largest absolute Gasteiger partial charge is 0.324 e. The van der Waals surface area contributed by atoms with Crippen molar-refractivity contribution in [2.24, 2.45) is 11.7 Å². The second kappa shape index (κ2) is 4.40. The van der Waals surface area contributed by atoms with Crippen molar-refractivity contribution in [1.82, 2.24) is 0 Å². The molecule has 1 atom stereocenters. The molecule has 0 saturated carbocycles. The standard InChI is InChI=1S/C17H21N/c1-11(2)10-16(18)14-9-8-13-7-6-12-4-3-5-15(14)17(12)13/h3-5,8-9,11,16H,6-7,10,18H2,1-2H3. The van der Waals surface area contributed by atoms with Crippen molar-refractivity contribution < 1.29 is 0 Å². The molecule has 0 radical (unpaired) electrons. The average Bonchev–Trinajstić information content (AvgIpc) is 2.74. The zero-order valence-corrected chi connectivity index (χ0v) is 11.2. The molecule has 0 fully saturated rings. The molecule has 0 spiro atoms. The predicted molar refractivity (Wildman–Crippen MR) is 77.7 cm³/mol. The highest BCUT2D eigenvalue weighted by Crippen LogP contribution is 2.35. The molecular formula is C17H21N. The van der Waals surface area contributed by atoms with Gasteiger partial charge in [-0.25, -0.2) is 0 Å². The fourth-order valence-corrected chi connectivity index (χ4v) is 3.23. The second-order valence-corrected chi connectivity index (χ2v) is 5.89. The number of hydrogen-bond acceptors (Lipinski definition) is 1. The molecule has 0 saturated heterocycles. The van der Waals surface area contributed by atoms with E-state index in [2.05, 4.69) is 44.2 Å². The van der Waals surface area contributed by atoms with Crippen LogP contribution in [0.1, 0.15) is 43.0 Å². The molecule has 2 N–H and O–H groups in total. The van der Waals surface area contributed by atoms with E-state index in [1.54, 1.807) is 0 Å². The molecule has 3 rings (SSSR count). The van der Waals surface area contributed by atoms with E-state index in [1.165, 1.54) is 40.3 Å². The van der Waals surface area contributed by atoms with Crippen LogP contribution >= 0.6 is 0 Å². The summed E-state index contributed by atoms with van der Waals surface area (Å²) in [5.74, 6) is 0.642. The van der Waals surface area contributed by atoms with Crippen molar-refractivity contribution in [2.45, 2.75) is 39.2 Å². The lowest BCUT2D eigenvalue weighted by Crippen LogP contribution is -2.13. The number of hydrogen-bond donors (Lipinski definition) is 1. The third-order valence-corrected chi connectivity index (χ3v) is 4.04. The van der Waals surface area contributed by atoms with Crippen molar-refractivity contribution in [3.05, 3.63) is 47.0 Å². The molecule has 1 unspecified atom stereocenters. The van der Waals surface area contributed by atoms with Crippen molar-refractivity contribution >= 4 is 10.8 Å². The summed E-state index contributed by atoms with van der Waals surface area (Å²) >= 11 is 0. The van der Waals surface area contributed by atoms with Crippen molar-refractivity contribution in [2.75, 3.05) is 0 Å². The van der Waals surface area contributed by atoms with E-state index in [0.717, 1.165) is 6.42 Å². The summed E-state index contributed by atoms with van der Waals surface area (Å²) in [6.07, 6.45) is 3.43. The monoisotopic (exact) mass is 239 g/mol. The lowest BCUT2D eigenvalue weighted by Gasteiger charge is -2.17. The zero-order valence-electron chi connectivity index (χ0n) is 11.2. The van der Waals surface area contributed by atoms with Gasteiger partial charge in [0.15, 0.2) is 0 Å². The first-order chi connectivity index (χ1) is 8.66. The Hall–Kier alpha value is -1.34. The van der Waals surface area contributed by atoms with Crippen LogP contribution in [0, 0.1) is 5.92 Å². The van der Waals surface area contributed by atoms with Crippen LogP contribution in [0.2, 0.25) is 0 Å². The number of benzene rings is 2. The fraction of sp³-hybridized carbons (Fsp3) is 0.412. The van der Waals surface area contributed by atoms with Crippen molar-refractivity contribution in [3.63, 3.8) is 0 Å². The van der Waals surface area contributed by atoms with Crippen LogP contribution < -0.4 is 5.73 Å². The first kappa shape index (κ1) is 11.7. The molecule has 0 bridgehead atoms. The Kier molecular flexibility index (Phi) is 2.87. The molecule has 0 aromatic heterocycles. The van der Waals surface area contributed by atoms with Gasteiger partial charge in [0, 0.05) is 6.04 Å². The molecule has 0 heterocycles. The Morgan fingerprint density at radius 1 is 1.06 bits per heavy atom. The highest BCUT2D eigenvalue weighted by Gasteiger charge is 2.18. The molecule has 1 nitrogen and oxygen atoms in total. The van der Waals surface area contributed by atoms with Crippen molar-refractivity contribution in [1.29, 1.82) is 0 Å². The van der Waals surface area contributed by atoms with E-state index in [-0.39, 0.29) is 6.04 Å². The van der Waals surface area contributed by atoms with Gasteiger partial charge in [0.05, 0.1) is 0 Å². The third-order valence-electron chi connectivity index (χ3n) is 4.04. The van der Waals surface area contributed by atoms with Gasteiger partial charge in [-0.1, -0.05) is 44.2 Å². The van der Waals surface area contributed by atoms with Crippen LogP contribution in [0.5, 0.6) is 0 Å². The van der Waals surface area contributed by atoms with Gasteiger partial charge in [-0.15, -0.1) is 0 Å². The van der Waals surface area contributed by atoms with Gasteiger partial charge in [-0.2, -0.15) is 0 Å². The molecule has 0 amide bonds. The molecule has 1 aliphatic rings. The van der Waals surface area contributed by atoms with E-state index < -0.39 is 0 Å². The summed E-state index contributed by atoms with van der Waals surface area (Å²) in [6, 6.07) is 11.4. The minimum Gasteiger partial charge on any atom is -0.324 e. The Labute approximate surface area is 109 Å². The van der Waals surface area contributed by atoms with E-state index in [0.29, 0.717) is 5.92 Å². The molecule has 1 aliphatic carbocycles. The maximum atomic E-state index is 6.38. The van der Waals surface area contributed by atoms with E-state index >= 15 is 0 Å². The quantitative estimate of drug-likeness (QED) is 0.861. The minimum absolute atomic E-state index is 0.162. The Morgan fingerprint density at radius 2 is 1.78 bits per heavy atom. The highest BCUT2D eigenvalue weighted by molar-refractivity contribution is 5.93. The summed E-state index contributed by atoms with van der Waals surface area (Å²) in [7, 11) is 0. The van der Waals surface area contributed by atoms with Gasteiger partial charge in [-0.3, -0.25) is 0 Å². The van der Waals surface area contributed by atoms with Gasteiger partial charge in [0.1, 0.15) is 0 Å². The Bertz CT molecular complexity index is 573. The lowest BCUT2D eigenvalue weighted by molar-refractivity contribution is 0.512. The summed E-state index contributed by atoms with van der Waals surface area (Å²) in [6.45, 7) is 4.47. The Morgan fingerprint density at radius 3 is 2.50 bits per heavy atom. The molecule has 94 valence electrons. The zero-order chi connectivity index (χ0) is 12.7. The third kappa shape index (κ3) is 1.83. The lowest BCUT2D eigenvalue weighted by atomic mass is 9.92. The SMILES string of the molecule is CC(C)CC(N)c1ccc2c3c(cccc13)CC2. The molecule has 2 aromatic carbocycles. The number of rotatable bonds is 3. The van der Waals surface area contributed by atoms with Crippen LogP contribution in [0.4, 0.5) is 0 Å². The summed E-state index contributed by atoms with van der Waals surface area (Å²) < 4.78 is 0. The van der Waals surface area contributed by atoms with Gasteiger partial charge >= 0.3 is 0 Å². The minimum atomic E-state index is 0.162. The van der Waals surface area contributed by atoms with Crippen molar-refractivity contribution in [3.8, 4) is 0 Å². The van der Waals surface area contributed by atoms with Crippen LogP contribution in [0.3, 0.4) is 0 Å². The normalized spacial score (nSPS) is 15.6. The van der Waals surface area contributed by atoms with Gasteiger partial charge in [-0.05, 0) is 52.6 Å². The van der Waals surface area contributed by atoms with Gasteiger partial charge < -0.3 is 5.73 Å². The molecule has 1 heteroatoms. The van der Waals surface area contributed by atoms with Crippen LogP contribution in [-0.4, -0.2) is 0 Å². The molecular weight excluding hydrogens is 218 g/mol. The summed E-state index contributed by atoms with van der Waals surface area (Å²) in [4.78, 5) is 0. The van der Waals surface area contributed by atoms with Gasteiger partial charge in [0.2, 0.25) is 0 Å². The maximum Gasteiger partial charge on any atom is 0.0303 e. The molecule has 18 heavy (non-hydrogen) atoms. The maximum absolute atomic E-state index is 6.38. The molecule has 2 aromatic rings. The first-order valence-corrected chi connectivity index (χ1v) is 6.96.